The van der Waals surface area contributed by atoms with Crippen molar-refractivity contribution in [3.05, 3.63) is 0 Å². The fraction of sp³-hybridized carbons (Fsp3) is 0.889. The molecule has 1 heterocycles. The van der Waals surface area contributed by atoms with Crippen molar-refractivity contribution in [1.29, 1.82) is 0 Å². The molecule has 1 unspecified atom stereocenters. The lowest BCUT2D eigenvalue weighted by molar-refractivity contribution is -0.142. The number of carboxylic acid groups (broad SMARTS) is 1. The normalized spacial score (nSPS) is 22.6. The van der Waals surface area contributed by atoms with Crippen molar-refractivity contribution in [2.45, 2.75) is 31.7 Å². The van der Waals surface area contributed by atoms with Crippen LogP contribution in [0.25, 0.3) is 0 Å². The molecule has 1 saturated heterocycles. The average Bonchev–Trinajstić information content (AvgIpc) is 2.28. The van der Waals surface area contributed by atoms with Crippen molar-refractivity contribution in [2.75, 3.05) is 20.1 Å². The molecule has 0 aromatic carbocycles. The van der Waals surface area contributed by atoms with Crippen LogP contribution in [0.1, 0.15) is 19.3 Å². The molecule has 0 bridgehead atoms. The number of rotatable bonds is 5. The quantitative estimate of drug-likeness (QED) is 0.792. The second-order valence-corrected chi connectivity index (χ2v) is 6.13. The van der Waals surface area contributed by atoms with Gasteiger partial charge in [0, 0.05) is 13.6 Å². The van der Waals surface area contributed by atoms with E-state index in [4.69, 9.17) is 5.11 Å². The minimum absolute atomic E-state index is 0.0485. The second-order valence-electron chi connectivity index (χ2n) is 4.14. The standard InChI is InChI=1S/C9H16F2N2O4S/c1-12(6-8(10)11)18(16,17)13-5-3-2-4-7(13)9(14)15/h7-8H,2-6H2,1H3,(H,14,15). The molecule has 1 aliphatic heterocycles. The topological polar surface area (TPSA) is 77.9 Å². The second kappa shape index (κ2) is 5.89. The molecule has 0 saturated carbocycles. The number of piperidine rings is 1. The number of halogens is 2. The smallest absolute Gasteiger partial charge is 0.322 e. The molecule has 9 heteroatoms. The van der Waals surface area contributed by atoms with Gasteiger partial charge in [-0.3, -0.25) is 4.79 Å². The summed E-state index contributed by atoms with van der Waals surface area (Å²) in [5.41, 5.74) is 0. The lowest BCUT2D eigenvalue weighted by Crippen LogP contribution is -2.53. The van der Waals surface area contributed by atoms with Crippen LogP contribution in [0.15, 0.2) is 0 Å². The van der Waals surface area contributed by atoms with Crippen LogP contribution >= 0.6 is 0 Å². The molecule has 0 spiro atoms. The van der Waals surface area contributed by atoms with Gasteiger partial charge in [0.05, 0.1) is 6.54 Å². The van der Waals surface area contributed by atoms with Gasteiger partial charge in [-0.05, 0) is 19.3 Å². The van der Waals surface area contributed by atoms with Gasteiger partial charge in [-0.1, -0.05) is 0 Å². The van der Waals surface area contributed by atoms with Crippen LogP contribution in [0, 0.1) is 0 Å². The summed E-state index contributed by atoms with van der Waals surface area (Å²) in [6.45, 7) is -0.891. The fourth-order valence-corrected chi connectivity index (χ4v) is 3.43. The van der Waals surface area contributed by atoms with Crippen LogP contribution in [0.5, 0.6) is 0 Å². The van der Waals surface area contributed by atoms with E-state index in [-0.39, 0.29) is 13.0 Å². The number of nitrogens with zero attached hydrogens (tertiary/aromatic N) is 2. The number of hydrogen-bond acceptors (Lipinski definition) is 3. The third kappa shape index (κ3) is 3.36. The number of aliphatic carboxylic acids is 1. The minimum Gasteiger partial charge on any atom is -0.480 e. The van der Waals surface area contributed by atoms with Crippen molar-refractivity contribution >= 4 is 16.2 Å². The van der Waals surface area contributed by atoms with Gasteiger partial charge >= 0.3 is 5.97 Å². The van der Waals surface area contributed by atoms with Crippen LogP contribution in [0.2, 0.25) is 0 Å². The van der Waals surface area contributed by atoms with E-state index in [0.717, 1.165) is 11.4 Å². The Morgan fingerprint density at radius 1 is 1.50 bits per heavy atom. The summed E-state index contributed by atoms with van der Waals surface area (Å²) >= 11 is 0. The third-order valence-electron chi connectivity index (χ3n) is 2.82. The Morgan fingerprint density at radius 3 is 2.61 bits per heavy atom. The average molecular weight is 286 g/mol. The van der Waals surface area contributed by atoms with Crippen molar-refractivity contribution in [3.63, 3.8) is 0 Å². The maximum absolute atomic E-state index is 12.2. The zero-order chi connectivity index (χ0) is 13.9. The molecule has 0 radical (unpaired) electrons. The number of hydrogen-bond donors (Lipinski definition) is 1. The maximum atomic E-state index is 12.2. The molecular weight excluding hydrogens is 270 g/mol. The van der Waals surface area contributed by atoms with E-state index in [9.17, 15) is 22.0 Å². The van der Waals surface area contributed by atoms with Crippen molar-refractivity contribution in [1.82, 2.24) is 8.61 Å². The summed E-state index contributed by atoms with van der Waals surface area (Å²) in [5, 5.41) is 8.96. The van der Waals surface area contributed by atoms with Gasteiger partial charge in [0.1, 0.15) is 6.04 Å². The Bertz CT molecular complexity index is 401. The molecule has 0 aromatic rings. The highest BCUT2D eigenvalue weighted by atomic mass is 32.2. The molecule has 18 heavy (non-hydrogen) atoms. The van der Waals surface area contributed by atoms with Gasteiger partial charge in [-0.2, -0.15) is 17.0 Å². The molecule has 1 N–H and O–H groups in total. The Kier molecular flexibility index (Phi) is 5.00. The summed E-state index contributed by atoms with van der Waals surface area (Å²) in [4.78, 5) is 11.0. The van der Waals surface area contributed by atoms with E-state index >= 15 is 0 Å². The molecule has 0 amide bonds. The van der Waals surface area contributed by atoms with Gasteiger partial charge in [0.25, 0.3) is 16.6 Å². The highest BCUT2D eigenvalue weighted by Gasteiger charge is 2.39. The van der Waals surface area contributed by atoms with Crippen LogP contribution < -0.4 is 0 Å². The predicted molar refractivity (Wildman–Crippen MR) is 59.5 cm³/mol. The zero-order valence-corrected chi connectivity index (χ0v) is 10.7. The predicted octanol–water partition coefficient (Wildman–Crippen LogP) is 0.367. The molecule has 1 fully saturated rings. The van der Waals surface area contributed by atoms with E-state index in [1.807, 2.05) is 0 Å². The molecule has 1 rings (SSSR count). The van der Waals surface area contributed by atoms with E-state index in [0.29, 0.717) is 17.1 Å². The van der Waals surface area contributed by atoms with Crippen molar-refractivity contribution in [3.8, 4) is 0 Å². The Balaban J connectivity index is 2.90. The first kappa shape index (κ1) is 15.3. The molecule has 6 nitrogen and oxygen atoms in total. The molecule has 0 aromatic heterocycles. The number of carbonyl (C=O) groups is 1. The van der Waals surface area contributed by atoms with E-state index in [1.165, 1.54) is 0 Å². The first-order valence-electron chi connectivity index (χ1n) is 5.51. The molecule has 1 aliphatic rings. The first-order valence-corrected chi connectivity index (χ1v) is 6.90. The van der Waals surface area contributed by atoms with Gasteiger partial charge < -0.3 is 5.11 Å². The van der Waals surface area contributed by atoms with E-state index < -0.39 is 35.2 Å². The first-order chi connectivity index (χ1) is 8.26. The largest absolute Gasteiger partial charge is 0.480 e. The summed E-state index contributed by atoms with van der Waals surface area (Å²) in [6.07, 6.45) is -1.44. The van der Waals surface area contributed by atoms with Gasteiger partial charge in [-0.15, -0.1) is 0 Å². The SMILES string of the molecule is CN(CC(F)F)S(=O)(=O)N1CCCCC1C(=O)O. The Labute approximate surface area is 104 Å². The van der Waals surface area contributed by atoms with Crippen LogP contribution in [-0.2, 0) is 15.0 Å². The Hall–Kier alpha value is -0.800. The van der Waals surface area contributed by atoms with Crippen LogP contribution in [0.4, 0.5) is 8.78 Å². The number of alkyl halides is 2. The summed E-state index contributed by atoms with van der Waals surface area (Å²) in [5.74, 6) is -1.25. The molecular formula is C9H16F2N2O4S. The van der Waals surface area contributed by atoms with Gasteiger partial charge in [-0.25, -0.2) is 8.78 Å². The summed E-state index contributed by atoms with van der Waals surface area (Å²) in [7, 11) is -3.12. The molecule has 0 aliphatic carbocycles. The molecule has 1 atom stereocenters. The lowest BCUT2D eigenvalue weighted by Gasteiger charge is -2.34. The van der Waals surface area contributed by atoms with Gasteiger partial charge in [0.2, 0.25) is 0 Å². The zero-order valence-electron chi connectivity index (χ0n) is 9.92. The minimum atomic E-state index is -4.15. The van der Waals surface area contributed by atoms with Crippen molar-refractivity contribution < 1.29 is 27.1 Å². The highest BCUT2D eigenvalue weighted by molar-refractivity contribution is 7.86. The van der Waals surface area contributed by atoms with Crippen LogP contribution in [-0.4, -0.2) is 60.7 Å². The highest BCUT2D eigenvalue weighted by Crippen LogP contribution is 2.22. The van der Waals surface area contributed by atoms with E-state index in [2.05, 4.69) is 0 Å². The third-order valence-corrected chi connectivity index (χ3v) is 4.79. The number of carboxylic acids is 1. The van der Waals surface area contributed by atoms with Crippen molar-refractivity contribution in [2.24, 2.45) is 0 Å². The summed E-state index contributed by atoms with van der Waals surface area (Å²) < 4.78 is 49.7. The summed E-state index contributed by atoms with van der Waals surface area (Å²) in [6, 6.07) is -1.16. The monoisotopic (exact) mass is 286 g/mol. The maximum Gasteiger partial charge on any atom is 0.322 e. The Morgan fingerprint density at radius 2 is 2.11 bits per heavy atom. The molecule has 106 valence electrons. The van der Waals surface area contributed by atoms with Gasteiger partial charge in [0.15, 0.2) is 0 Å². The lowest BCUT2D eigenvalue weighted by atomic mass is 10.1. The van der Waals surface area contributed by atoms with Crippen LogP contribution in [0.3, 0.4) is 0 Å². The van der Waals surface area contributed by atoms with E-state index in [1.54, 1.807) is 0 Å². The fourth-order valence-electron chi connectivity index (χ4n) is 1.90.